The summed E-state index contributed by atoms with van der Waals surface area (Å²) in [7, 11) is 3.54. The molecular formula is C21H35N5O3S. The van der Waals surface area contributed by atoms with Crippen molar-refractivity contribution in [3.05, 3.63) is 24.0 Å². The number of hydrogen-bond donors (Lipinski definition) is 1. The zero-order valence-corrected chi connectivity index (χ0v) is 20.0. The first-order valence-electron chi connectivity index (χ1n) is 10.3. The van der Waals surface area contributed by atoms with E-state index in [1.807, 2.05) is 25.6 Å². The van der Waals surface area contributed by atoms with Gasteiger partial charge in [0.1, 0.15) is 5.82 Å². The van der Waals surface area contributed by atoms with Crippen molar-refractivity contribution >= 4 is 27.0 Å². The highest BCUT2D eigenvalue weighted by atomic mass is 32.2. The van der Waals surface area contributed by atoms with Crippen molar-refractivity contribution in [2.24, 2.45) is 5.92 Å². The molecule has 0 aliphatic heterocycles. The van der Waals surface area contributed by atoms with Crippen molar-refractivity contribution in [1.29, 1.82) is 0 Å². The third kappa shape index (κ3) is 5.39. The molecule has 0 saturated heterocycles. The van der Waals surface area contributed by atoms with E-state index in [0.29, 0.717) is 37.4 Å². The molecule has 30 heavy (non-hydrogen) atoms. The smallest absolute Gasteiger partial charge is 0.242 e. The molecular weight excluding hydrogens is 402 g/mol. The normalized spacial score (nSPS) is 13.5. The van der Waals surface area contributed by atoms with E-state index in [0.717, 1.165) is 11.3 Å². The van der Waals surface area contributed by atoms with Crippen LogP contribution in [-0.2, 0) is 27.8 Å². The Kier molecular flexibility index (Phi) is 8.01. The second kappa shape index (κ2) is 9.89. The topological polar surface area (TPSA) is 87.5 Å². The number of carbonyl (C=O) groups excluding carboxylic acids is 1. The maximum atomic E-state index is 12.4. The minimum absolute atomic E-state index is 0.00640. The summed E-state index contributed by atoms with van der Waals surface area (Å²) >= 11 is 0. The molecule has 1 atom stereocenters. The summed E-state index contributed by atoms with van der Waals surface area (Å²) in [5.41, 5.74) is 1.50. The number of likely N-dealkylation sites (N-methyl/N-ethyl adjacent to an activating group) is 1. The van der Waals surface area contributed by atoms with Gasteiger partial charge in [-0.2, -0.15) is 0 Å². The largest absolute Gasteiger partial charge is 0.355 e. The summed E-state index contributed by atoms with van der Waals surface area (Å²) in [6.07, 6.45) is 0.836. The zero-order valence-electron chi connectivity index (χ0n) is 19.1. The van der Waals surface area contributed by atoms with Gasteiger partial charge in [0.05, 0.1) is 15.9 Å². The lowest BCUT2D eigenvalue weighted by molar-refractivity contribution is -0.121. The van der Waals surface area contributed by atoms with Gasteiger partial charge >= 0.3 is 0 Å². The number of carbonyl (C=O) groups is 1. The minimum atomic E-state index is -3.52. The number of hydrogen-bond acceptors (Lipinski definition) is 5. The summed E-state index contributed by atoms with van der Waals surface area (Å²) in [4.78, 5) is 19.4. The number of nitrogens with zero attached hydrogens (tertiary/aromatic N) is 4. The average molecular weight is 438 g/mol. The molecule has 1 amide bonds. The fourth-order valence-corrected chi connectivity index (χ4v) is 4.54. The fourth-order valence-electron chi connectivity index (χ4n) is 3.62. The molecule has 1 heterocycles. The Morgan fingerprint density at radius 1 is 1.20 bits per heavy atom. The van der Waals surface area contributed by atoms with Crippen molar-refractivity contribution in [3.8, 4) is 0 Å². The molecule has 2 rings (SSSR count). The van der Waals surface area contributed by atoms with Gasteiger partial charge in [-0.15, -0.1) is 0 Å². The van der Waals surface area contributed by atoms with Crippen molar-refractivity contribution in [3.63, 3.8) is 0 Å². The summed E-state index contributed by atoms with van der Waals surface area (Å²) in [6.45, 7) is 7.61. The maximum Gasteiger partial charge on any atom is 0.242 e. The van der Waals surface area contributed by atoms with E-state index in [-0.39, 0.29) is 16.8 Å². The maximum absolute atomic E-state index is 12.4. The van der Waals surface area contributed by atoms with E-state index in [2.05, 4.69) is 29.0 Å². The average Bonchev–Trinajstić information content (AvgIpc) is 3.02. The predicted molar refractivity (Wildman–Crippen MR) is 120 cm³/mol. The Morgan fingerprint density at radius 2 is 1.87 bits per heavy atom. The lowest BCUT2D eigenvalue weighted by Crippen LogP contribution is -2.43. The van der Waals surface area contributed by atoms with Crippen molar-refractivity contribution in [2.45, 2.75) is 51.1 Å². The number of aromatic nitrogens is 2. The van der Waals surface area contributed by atoms with E-state index in [9.17, 15) is 13.2 Å². The standard InChI is InChI=1S/C21H35N5O3S/c1-8-26-18-10-9-16(30(28,29)25(6)7)13-17(18)23-20(26)11-12-21(27)22-14-19(15(2)3)24(4)5/h9-10,13,15,19H,8,11-12,14H2,1-7H3,(H,22,27). The number of rotatable bonds is 10. The number of imidazole rings is 1. The Bertz CT molecular complexity index is 972. The molecule has 1 aromatic carbocycles. The molecule has 2 aromatic rings. The zero-order chi connectivity index (χ0) is 22.6. The van der Waals surface area contributed by atoms with E-state index < -0.39 is 10.0 Å². The Labute approximate surface area is 180 Å². The van der Waals surface area contributed by atoms with Crippen LogP contribution in [0.2, 0.25) is 0 Å². The van der Waals surface area contributed by atoms with Crippen molar-refractivity contribution in [2.75, 3.05) is 34.7 Å². The van der Waals surface area contributed by atoms with Crippen LogP contribution in [0, 0.1) is 5.92 Å². The van der Waals surface area contributed by atoms with Crippen LogP contribution in [0.3, 0.4) is 0 Å². The Balaban J connectivity index is 2.15. The number of benzene rings is 1. The number of fused-ring (bicyclic) bond motifs is 1. The lowest BCUT2D eigenvalue weighted by atomic mass is 10.0. The van der Waals surface area contributed by atoms with Gasteiger partial charge in [-0.1, -0.05) is 13.8 Å². The third-order valence-electron chi connectivity index (χ3n) is 5.41. The van der Waals surface area contributed by atoms with Gasteiger partial charge in [0.25, 0.3) is 0 Å². The molecule has 0 aliphatic rings. The third-order valence-corrected chi connectivity index (χ3v) is 7.22. The highest BCUT2D eigenvalue weighted by Crippen LogP contribution is 2.22. The van der Waals surface area contributed by atoms with Crippen molar-refractivity contribution in [1.82, 2.24) is 24.1 Å². The first kappa shape index (κ1) is 24.3. The molecule has 0 spiro atoms. The van der Waals surface area contributed by atoms with E-state index in [1.165, 1.54) is 18.4 Å². The van der Waals surface area contributed by atoms with Gasteiger partial charge < -0.3 is 14.8 Å². The monoisotopic (exact) mass is 437 g/mol. The predicted octanol–water partition coefficient (Wildman–Crippen LogP) is 1.94. The molecule has 9 heteroatoms. The van der Waals surface area contributed by atoms with Gasteiger partial charge in [0, 0.05) is 46.1 Å². The summed E-state index contributed by atoms with van der Waals surface area (Å²) in [6, 6.07) is 5.28. The van der Waals surface area contributed by atoms with Gasteiger partial charge in [-0.3, -0.25) is 4.79 Å². The highest BCUT2D eigenvalue weighted by Gasteiger charge is 2.20. The molecule has 0 aliphatic carbocycles. The van der Waals surface area contributed by atoms with E-state index in [1.54, 1.807) is 18.2 Å². The van der Waals surface area contributed by atoms with Crippen LogP contribution in [-0.4, -0.2) is 73.9 Å². The molecule has 0 saturated carbocycles. The Hall–Kier alpha value is -1.97. The quantitative estimate of drug-likeness (QED) is 0.614. The van der Waals surface area contributed by atoms with Crippen LogP contribution in [0.1, 0.15) is 33.0 Å². The number of nitrogens with one attached hydrogen (secondary N) is 1. The molecule has 0 bridgehead atoms. The second-order valence-electron chi connectivity index (χ2n) is 8.29. The highest BCUT2D eigenvalue weighted by molar-refractivity contribution is 7.89. The van der Waals surface area contributed by atoms with E-state index >= 15 is 0 Å². The van der Waals surface area contributed by atoms with Crippen LogP contribution < -0.4 is 5.32 Å². The first-order chi connectivity index (χ1) is 14.0. The molecule has 0 fully saturated rings. The molecule has 0 radical (unpaired) electrons. The number of sulfonamides is 1. The van der Waals surface area contributed by atoms with Crippen LogP contribution in [0.5, 0.6) is 0 Å². The molecule has 1 aromatic heterocycles. The molecule has 168 valence electrons. The molecule has 1 unspecified atom stereocenters. The summed E-state index contributed by atoms with van der Waals surface area (Å²) < 4.78 is 28.0. The SMILES string of the molecule is CCn1c(CCC(=O)NCC(C(C)C)N(C)C)nc2cc(S(=O)(=O)N(C)C)ccc21. The second-order valence-corrected chi connectivity index (χ2v) is 10.4. The van der Waals surface area contributed by atoms with Gasteiger partial charge in [0.15, 0.2) is 0 Å². The van der Waals surface area contributed by atoms with Crippen LogP contribution in [0.25, 0.3) is 11.0 Å². The molecule has 1 N–H and O–H groups in total. The van der Waals surface area contributed by atoms with Crippen LogP contribution in [0.4, 0.5) is 0 Å². The van der Waals surface area contributed by atoms with Crippen molar-refractivity contribution < 1.29 is 13.2 Å². The van der Waals surface area contributed by atoms with Gasteiger partial charge in [-0.05, 0) is 45.1 Å². The Morgan fingerprint density at radius 3 is 2.40 bits per heavy atom. The summed E-state index contributed by atoms with van der Waals surface area (Å²) in [5, 5.41) is 3.03. The lowest BCUT2D eigenvalue weighted by Gasteiger charge is -2.28. The van der Waals surface area contributed by atoms with Crippen LogP contribution in [0.15, 0.2) is 23.1 Å². The van der Waals surface area contributed by atoms with Gasteiger partial charge in [-0.25, -0.2) is 17.7 Å². The van der Waals surface area contributed by atoms with Gasteiger partial charge in [0.2, 0.25) is 15.9 Å². The minimum Gasteiger partial charge on any atom is -0.355 e. The number of aryl methyl sites for hydroxylation is 2. The van der Waals surface area contributed by atoms with E-state index in [4.69, 9.17) is 0 Å². The van der Waals surface area contributed by atoms with Crippen LogP contribution >= 0.6 is 0 Å². The first-order valence-corrected chi connectivity index (χ1v) is 11.8. The fraction of sp³-hybridized carbons (Fsp3) is 0.619. The summed E-state index contributed by atoms with van der Waals surface area (Å²) in [5.74, 6) is 1.22. The number of amides is 1. The molecule has 8 nitrogen and oxygen atoms in total.